The van der Waals surface area contributed by atoms with Gasteiger partial charge in [0.05, 0.1) is 24.2 Å². The molecular formula is C24H30N4O4. The third-order valence-corrected chi connectivity index (χ3v) is 6.26. The van der Waals surface area contributed by atoms with Crippen LogP contribution in [0, 0.1) is 5.92 Å². The molecule has 8 nitrogen and oxygen atoms in total. The van der Waals surface area contributed by atoms with Gasteiger partial charge in [0.2, 0.25) is 0 Å². The lowest BCUT2D eigenvalue weighted by atomic mass is 9.96. The number of aromatic nitrogens is 2. The van der Waals surface area contributed by atoms with Crippen molar-refractivity contribution < 1.29 is 14.6 Å². The Morgan fingerprint density at radius 2 is 1.91 bits per heavy atom. The van der Waals surface area contributed by atoms with E-state index in [0.29, 0.717) is 29.9 Å². The Kier molecular flexibility index (Phi) is 6.92. The van der Waals surface area contributed by atoms with Crippen molar-refractivity contribution in [2.45, 2.75) is 25.4 Å². The number of rotatable bonds is 7. The number of hydrogen-bond donors (Lipinski definition) is 3. The normalized spacial score (nSPS) is 16.2. The number of carbonyl (C=O) groups is 1. The highest BCUT2D eigenvalue weighted by molar-refractivity contribution is 5.88. The van der Waals surface area contributed by atoms with Crippen LogP contribution in [0.25, 0.3) is 11.0 Å². The van der Waals surface area contributed by atoms with E-state index >= 15 is 0 Å². The minimum Gasteiger partial charge on any atom is -0.497 e. The maximum atomic E-state index is 12.6. The summed E-state index contributed by atoms with van der Waals surface area (Å²) in [6.45, 7) is 3.25. The monoisotopic (exact) mass is 438 g/mol. The van der Waals surface area contributed by atoms with Gasteiger partial charge in [-0.3, -0.25) is 0 Å². The standard InChI is InChI=1S/C24H30N4O4/c1-32-19-8-6-18(7-9-19)22(29)12-15-27-13-10-17(11-14-27)16-25-23(30)28-21-5-3-2-4-20(21)26-24(28)31/h2-9,17,22,29H,10-16H2,1H3,(H,25,30)(H,26,31). The van der Waals surface area contributed by atoms with Gasteiger partial charge in [0.15, 0.2) is 0 Å². The molecule has 1 atom stereocenters. The van der Waals surface area contributed by atoms with Crippen LogP contribution in [-0.4, -0.2) is 58.9 Å². The number of aromatic amines is 1. The van der Waals surface area contributed by atoms with Crippen molar-refractivity contribution in [3.8, 4) is 5.75 Å². The Bertz CT molecular complexity index is 1100. The number of nitrogens with one attached hydrogen (secondary N) is 2. The summed E-state index contributed by atoms with van der Waals surface area (Å²) in [4.78, 5) is 29.8. The van der Waals surface area contributed by atoms with Crippen molar-refractivity contribution in [1.29, 1.82) is 0 Å². The smallest absolute Gasteiger partial charge is 0.334 e. The summed E-state index contributed by atoms with van der Waals surface area (Å²) in [5.74, 6) is 1.16. The zero-order chi connectivity index (χ0) is 22.5. The van der Waals surface area contributed by atoms with Gasteiger partial charge in [-0.1, -0.05) is 24.3 Å². The van der Waals surface area contributed by atoms with Gasteiger partial charge >= 0.3 is 11.7 Å². The SMILES string of the molecule is COc1ccc(C(O)CCN2CCC(CNC(=O)n3c(=O)[nH]c4ccccc43)CC2)cc1. The highest BCUT2D eigenvalue weighted by Gasteiger charge is 2.21. The summed E-state index contributed by atoms with van der Waals surface area (Å²) >= 11 is 0. The van der Waals surface area contributed by atoms with Crippen LogP contribution < -0.4 is 15.7 Å². The molecule has 0 aliphatic carbocycles. The summed E-state index contributed by atoms with van der Waals surface area (Å²) in [5, 5.41) is 13.4. The van der Waals surface area contributed by atoms with Gasteiger partial charge in [0.1, 0.15) is 5.75 Å². The predicted octanol–water partition coefficient (Wildman–Crippen LogP) is 2.73. The van der Waals surface area contributed by atoms with Gasteiger partial charge in [-0.25, -0.2) is 14.2 Å². The van der Waals surface area contributed by atoms with Crippen LogP contribution >= 0.6 is 0 Å². The van der Waals surface area contributed by atoms with Crippen molar-refractivity contribution >= 4 is 17.1 Å². The molecule has 0 radical (unpaired) electrons. The highest BCUT2D eigenvalue weighted by atomic mass is 16.5. The van der Waals surface area contributed by atoms with E-state index in [1.54, 1.807) is 25.3 Å². The number of nitrogens with zero attached hydrogens (tertiary/aromatic N) is 2. The van der Waals surface area contributed by atoms with Gasteiger partial charge in [-0.05, 0) is 68.1 Å². The number of fused-ring (bicyclic) bond motifs is 1. The Morgan fingerprint density at radius 3 is 2.62 bits per heavy atom. The molecule has 1 fully saturated rings. The number of likely N-dealkylation sites (tertiary alicyclic amines) is 1. The van der Waals surface area contributed by atoms with Crippen LogP contribution in [0.4, 0.5) is 4.79 Å². The van der Waals surface area contributed by atoms with Gasteiger partial charge in [0.25, 0.3) is 0 Å². The van der Waals surface area contributed by atoms with Crippen molar-refractivity contribution in [2.75, 3.05) is 33.3 Å². The molecule has 1 aliphatic rings. The van der Waals surface area contributed by atoms with E-state index in [-0.39, 0.29) is 0 Å². The Balaban J connectivity index is 1.21. The molecule has 1 aliphatic heterocycles. The number of benzene rings is 2. The Hall–Kier alpha value is -3.10. The molecule has 32 heavy (non-hydrogen) atoms. The molecule has 2 heterocycles. The van der Waals surface area contributed by atoms with E-state index in [0.717, 1.165) is 48.4 Å². The van der Waals surface area contributed by atoms with Gasteiger partial charge in [-0.15, -0.1) is 0 Å². The molecule has 4 rings (SSSR count). The van der Waals surface area contributed by atoms with Crippen LogP contribution in [0.3, 0.4) is 0 Å². The van der Waals surface area contributed by atoms with E-state index < -0.39 is 17.8 Å². The average molecular weight is 439 g/mol. The zero-order valence-electron chi connectivity index (χ0n) is 18.3. The molecule has 1 saturated heterocycles. The lowest BCUT2D eigenvalue weighted by Gasteiger charge is -2.32. The summed E-state index contributed by atoms with van der Waals surface area (Å²) < 4.78 is 6.32. The summed E-state index contributed by atoms with van der Waals surface area (Å²) in [5.41, 5.74) is 1.71. The number of methoxy groups -OCH3 is 1. The molecule has 8 heteroatoms. The molecule has 3 N–H and O–H groups in total. The average Bonchev–Trinajstić information content (AvgIpc) is 3.17. The number of ether oxygens (including phenoxy) is 1. The number of carbonyl (C=O) groups excluding carboxylic acids is 1. The summed E-state index contributed by atoms with van der Waals surface area (Å²) in [6.07, 6.45) is 2.13. The van der Waals surface area contributed by atoms with Gasteiger partial charge < -0.3 is 25.0 Å². The predicted molar refractivity (Wildman–Crippen MR) is 123 cm³/mol. The minimum absolute atomic E-state index is 0.377. The maximum absolute atomic E-state index is 12.6. The summed E-state index contributed by atoms with van der Waals surface area (Å²) in [6, 6.07) is 14.3. The van der Waals surface area contributed by atoms with Crippen molar-refractivity contribution in [3.63, 3.8) is 0 Å². The van der Waals surface area contributed by atoms with Crippen LogP contribution in [0.1, 0.15) is 30.9 Å². The molecule has 0 bridgehead atoms. The van der Waals surface area contributed by atoms with Crippen molar-refractivity contribution in [1.82, 2.24) is 19.8 Å². The third kappa shape index (κ3) is 5.03. The number of piperidine rings is 1. The van der Waals surface area contributed by atoms with E-state index in [2.05, 4.69) is 15.2 Å². The maximum Gasteiger partial charge on any atom is 0.334 e. The van der Waals surface area contributed by atoms with Crippen LogP contribution in [0.2, 0.25) is 0 Å². The Labute approximate surface area is 186 Å². The largest absolute Gasteiger partial charge is 0.497 e. The first-order valence-electron chi connectivity index (χ1n) is 11.1. The van der Waals surface area contributed by atoms with Crippen LogP contribution in [-0.2, 0) is 0 Å². The molecule has 1 unspecified atom stereocenters. The summed E-state index contributed by atoms with van der Waals surface area (Å²) in [7, 11) is 1.63. The molecule has 0 saturated carbocycles. The van der Waals surface area contributed by atoms with Crippen molar-refractivity contribution in [3.05, 3.63) is 64.6 Å². The minimum atomic E-state index is -0.493. The fraction of sp³-hybridized carbons (Fsp3) is 0.417. The van der Waals surface area contributed by atoms with Crippen molar-refractivity contribution in [2.24, 2.45) is 5.92 Å². The number of amides is 1. The fourth-order valence-electron chi connectivity index (χ4n) is 4.28. The second-order valence-corrected chi connectivity index (χ2v) is 8.33. The second kappa shape index (κ2) is 10.0. The first-order valence-corrected chi connectivity index (χ1v) is 11.1. The Morgan fingerprint density at radius 1 is 1.19 bits per heavy atom. The van der Waals surface area contributed by atoms with Crippen LogP contribution in [0.15, 0.2) is 53.3 Å². The van der Waals surface area contributed by atoms with E-state index in [9.17, 15) is 14.7 Å². The number of imidazole rings is 1. The first-order chi connectivity index (χ1) is 15.5. The van der Waals surface area contributed by atoms with Crippen LogP contribution in [0.5, 0.6) is 5.75 Å². The molecule has 0 spiro atoms. The quantitative estimate of drug-likeness (QED) is 0.527. The molecule has 170 valence electrons. The lowest BCUT2D eigenvalue weighted by Crippen LogP contribution is -2.41. The van der Waals surface area contributed by atoms with Gasteiger partial charge in [-0.2, -0.15) is 0 Å². The fourth-order valence-corrected chi connectivity index (χ4v) is 4.28. The molecule has 2 aromatic carbocycles. The topological polar surface area (TPSA) is 99.6 Å². The molecular weight excluding hydrogens is 408 g/mol. The molecule has 1 aromatic heterocycles. The zero-order valence-corrected chi connectivity index (χ0v) is 18.3. The molecule has 3 aromatic rings. The number of aliphatic hydroxyl groups excluding tert-OH is 1. The lowest BCUT2D eigenvalue weighted by molar-refractivity contribution is 0.123. The highest BCUT2D eigenvalue weighted by Crippen LogP contribution is 2.22. The van der Waals surface area contributed by atoms with Gasteiger partial charge in [0, 0.05) is 13.1 Å². The van der Waals surface area contributed by atoms with E-state index in [1.165, 1.54) is 0 Å². The third-order valence-electron chi connectivity index (χ3n) is 6.26. The number of para-hydroxylation sites is 2. The van der Waals surface area contributed by atoms with E-state index in [4.69, 9.17) is 4.74 Å². The van der Waals surface area contributed by atoms with E-state index in [1.807, 2.05) is 30.3 Å². The number of H-pyrrole nitrogens is 1. The number of aliphatic hydroxyl groups is 1. The second-order valence-electron chi connectivity index (χ2n) is 8.33. The first kappa shape index (κ1) is 22.1. The molecule has 1 amide bonds. The number of hydrogen-bond acceptors (Lipinski definition) is 5.